The Morgan fingerprint density at radius 3 is 2.75 bits per heavy atom. The Morgan fingerprint density at radius 1 is 1.29 bits per heavy atom. The predicted octanol–water partition coefficient (Wildman–Crippen LogP) is 3.03. The van der Waals surface area contributed by atoms with E-state index in [4.69, 9.17) is 0 Å². The number of aromatic nitrogens is 1. The molecule has 1 aromatic carbocycles. The fourth-order valence-electron chi connectivity index (χ4n) is 2.85. The highest BCUT2D eigenvalue weighted by Gasteiger charge is 2.20. The molecule has 2 heterocycles. The molecule has 0 atom stereocenters. The molecular weight excluding hydrogens is 320 g/mol. The average Bonchev–Trinajstić information content (AvgIpc) is 3.10. The molecule has 1 fully saturated rings. The number of hydrogen-bond acceptors (Lipinski definition) is 5. The van der Waals surface area contributed by atoms with Gasteiger partial charge in [0, 0.05) is 43.4 Å². The topological polar surface area (TPSA) is 48.5 Å². The Balaban J connectivity index is 1.48. The van der Waals surface area contributed by atoms with Gasteiger partial charge in [-0.2, -0.15) is 0 Å². The number of piperazine rings is 1. The van der Waals surface area contributed by atoms with E-state index >= 15 is 0 Å². The summed E-state index contributed by atoms with van der Waals surface area (Å²) in [5, 5.41) is 6.09. The SMILES string of the molecule is CC(C)c1cccc(NC(=O)CN2CCN(c3nccs3)CC2)c1. The molecule has 1 saturated heterocycles. The van der Waals surface area contributed by atoms with Crippen molar-refractivity contribution >= 4 is 28.1 Å². The smallest absolute Gasteiger partial charge is 0.238 e. The molecule has 1 aromatic heterocycles. The second-order valence-electron chi connectivity index (χ2n) is 6.41. The first-order valence-electron chi connectivity index (χ1n) is 8.38. The van der Waals surface area contributed by atoms with Crippen molar-refractivity contribution in [1.82, 2.24) is 9.88 Å². The second kappa shape index (κ2) is 7.77. The quantitative estimate of drug-likeness (QED) is 0.906. The van der Waals surface area contributed by atoms with E-state index in [1.165, 1.54) is 5.56 Å². The van der Waals surface area contributed by atoms with Crippen LogP contribution in [0.2, 0.25) is 0 Å². The Kier molecular flexibility index (Phi) is 5.48. The molecule has 1 N–H and O–H groups in total. The first kappa shape index (κ1) is 16.9. The predicted molar refractivity (Wildman–Crippen MR) is 99.9 cm³/mol. The highest BCUT2D eigenvalue weighted by atomic mass is 32.1. The zero-order valence-electron chi connectivity index (χ0n) is 14.2. The molecule has 128 valence electrons. The van der Waals surface area contributed by atoms with Gasteiger partial charge in [0.1, 0.15) is 0 Å². The molecule has 0 saturated carbocycles. The lowest BCUT2D eigenvalue weighted by Gasteiger charge is -2.34. The second-order valence-corrected chi connectivity index (χ2v) is 7.28. The number of thiazole rings is 1. The summed E-state index contributed by atoms with van der Waals surface area (Å²) in [6.45, 7) is 8.37. The molecule has 5 nitrogen and oxygen atoms in total. The van der Waals surface area contributed by atoms with Gasteiger partial charge in [-0.3, -0.25) is 9.69 Å². The van der Waals surface area contributed by atoms with Gasteiger partial charge in [0.25, 0.3) is 0 Å². The Bertz CT molecular complexity index is 663. The summed E-state index contributed by atoms with van der Waals surface area (Å²) in [5.74, 6) is 0.513. The largest absolute Gasteiger partial charge is 0.346 e. The summed E-state index contributed by atoms with van der Waals surface area (Å²) in [6.07, 6.45) is 1.84. The van der Waals surface area contributed by atoms with Crippen molar-refractivity contribution in [3.8, 4) is 0 Å². The van der Waals surface area contributed by atoms with Crippen molar-refractivity contribution in [2.75, 3.05) is 42.9 Å². The third-order valence-electron chi connectivity index (χ3n) is 4.27. The van der Waals surface area contributed by atoms with Crippen LogP contribution in [-0.4, -0.2) is 48.5 Å². The number of amides is 1. The lowest BCUT2D eigenvalue weighted by molar-refractivity contribution is -0.117. The normalized spacial score (nSPS) is 15.7. The van der Waals surface area contributed by atoms with Gasteiger partial charge in [0.2, 0.25) is 5.91 Å². The fourth-order valence-corrected chi connectivity index (χ4v) is 3.55. The van der Waals surface area contributed by atoms with Crippen LogP contribution in [0.5, 0.6) is 0 Å². The summed E-state index contributed by atoms with van der Waals surface area (Å²) in [7, 11) is 0. The fraction of sp³-hybridized carbons (Fsp3) is 0.444. The van der Waals surface area contributed by atoms with Gasteiger partial charge in [-0.25, -0.2) is 4.98 Å². The summed E-state index contributed by atoms with van der Waals surface area (Å²) in [6, 6.07) is 8.10. The lowest BCUT2D eigenvalue weighted by Crippen LogP contribution is -2.48. The zero-order valence-corrected chi connectivity index (χ0v) is 15.1. The molecule has 0 aliphatic carbocycles. The van der Waals surface area contributed by atoms with Crippen molar-refractivity contribution in [1.29, 1.82) is 0 Å². The molecule has 6 heteroatoms. The zero-order chi connectivity index (χ0) is 16.9. The maximum atomic E-state index is 12.3. The van der Waals surface area contributed by atoms with Crippen LogP contribution in [0.3, 0.4) is 0 Å². The minimum Gasteiger partial charge on any atom is -0.346 e. The van der Waals surface area contributed by atoms with E-state index in [9.17, 15) is 4.79 Å². The lowest BCUT2D eigenvalue weighted by atomic mass is 10.0. The number of hydrogen-bond donors (Lipinski definition) is 1. The van der Waals surface area contributed by atoms with Crippen LogP contribution in [0.25, 0.3) is 0 Å². The molecule has 0 spiro atoms. The molecule has 0 radical (unpaired) electrons. The maximum absolute atomic E-state index is 12.3. The molecule has 24 heavy (non-hydrogen) atoms. The van der Waals surface area contributed by atoms with Gasteiger partial charge in [-0.05, 0) is 23.6 Å². The molecule has 3 rings (SSSR count). The minimum atomic E-state index is 0.0543. The van der Waals surface area contributed by atoms with Crippen LogP contribution in [0.4, 0.5) is 10.8 Å². The average molecular weight is 344 g/mol. The van der Waals surface area contributed by atoms with E-state index in [2.05, 4.69) is 46.1 Å². The van der Waals surface area contributed by atoms with Crippen LogP contribution in [0, 0.1) is 0 Å². The first-order chi connectivity index (χ1) is 11.6. The monoisotopic (exact) mass is 344 g/mol. The standard InChI is InChI=1S/C18H24N4OS/c1-14(2)15-4-3-5-16(12-15)20-17(23)13-21-7-9-22(10-8-21)18-19-6-11-24-18/h3-6,11-12,14H,7-10,13H2,1-2H3,(H,20,23). The van der Waals surface area contributed by atoms with Crippen molar-refractivity contribution < 1.29 is 4.79 Å². The Hall–Kier alpha value is -1.92. The summed E-state index contributed by atoms with van der Waals surface area (Å²) >= 11 is 1.67. The van der Waals surface area contributed by atoms with Gasteiger partial charge in [0.05, 0.1) is 6.54 Å². The van der Waals surface area contributed by atoms with Gasteiger partial charge in [-0.15, -0.1) is 11.3 Å². The molecule has 1 amide bonds. The van der Waals surface area contributed by atoms with E-state index in [0.29, 0.717) is 12.5 Å². The van der Waals surface area contributed by atoms with E-state index in [-0.39, 0.29) is 5.91 Å². The van der Waals surface area contributed by atoms with Crippen LogP contribution < -0.4 is 10.2 Å². The van der Waals surface area contributed by atoms with Crippen LogP contribution in [0.1, 0.15) is 25.3 Å². The van der Waals surface area contributed by atoms with Gasteiger partial charge in [-0.1, -0.05) is 26.0 Å². The van der Waals surface area contributed by atoms with Crippen LogP contribution >= 0.6 is 11.3 Å². The van der Waals surface area contributed by atoms with Gasteiger partial charge >= 0.3 is 0 Å². The van der Waals surface area contributed by atoms with Crippen LogP contribution in [0.15, 0.2) is 35.8 Å². The summed E-state index contributed by atoms with van der Waals surface area (Å²) in [4.78, 5) is 21.1. The van der Waals surface area contributed by atoms with Crippen molar-refractivity contribution in [2.45, 2.75) is 19.8 Å². The molecule has 0 unspecified atom stereocenters. The van der Waals surface area contributed by atoms with Crippen molar-refractivity contribution in [2.24, 2.45) is 0 Å². The van der Waals surface area contributed by atoms with Gasteiger partial charge in [0.15, 0.2) is 5.13 Å². The minimum absolute atomic E-state index is 0.0543. The van der Waals surface area contributed by atoms with E-state index < -0.39 is 0 Å². The van der Waals surface area contributed by atoms with Crippen molar-refractivity contribution in [3.63, 3.8) is 0 Å². The number of nitrogens with zero attached hydrogens (tertiary/aromatic N) is 3. The highest BCUT2D eigenvalue weighted by molar-refractivity contribution is 7.13. The maximum Gasteiger partial charge on any atom is 0.238 e. The van der Waals surface area contributed by atoms with Crippen LogP contribution in [-0.2, 0) is 4.79 Å². The Morgan fingerprint density at radius 2 is 2.08 bits per heavy atom. The third-order valence-corrected chi connectivity index (χ3v) is 5.10. The summed E-state index contributed by atoms with van der Waals surface area (Å²) < 4.78 is 0. The number of rotatable bonds is 5. The number of carbonyl (C=O) groups is 1. The molecule has 1 aliphatic heterocycles. The summed E-state index contributed by atoms with van der Waals surface area (Å²) in [5.41, 5.74) is 2.12. The number of carbonyl (C=O) groups excluding carboxylic acids is 1. The number of nitrogens with one attached hydrogen (secondary N) is 1. The Labute approximate surface area is 147 Å². The van der Waals surface area contributed by atoms with E-state index in [1.54, 1.807) is 11.3 Å². The molecule has 0 bridgehead atoms. The number of benzene rings is 1. The first-order valence-corrected chi connectivity index (χ1v) is 9.26. The third kappa shape index (κ3) is 4.33. The van der Waals surface area contributed by atoms with E-state index in [0.717, 1.165) is 37.0 Å². The van der Waals surface area contributed by atoms with E-state index in [1.807, 2.05) is 23.7 Å². The number of anilines is 2. The van der Waals surface area contributed by atoms with Gasteiger partial charge < -0.3 is 10.2 Å². The van der Waals surface area contributed by atoms with Crippen molar-refractivity contribution in [3.05, 3.63) is 41.4 Å². The molecule has 1 aliphatic rings. The molecular formula is C18H24N4OS. The molecule has 2 aromatic rings. The highest BCUT2D eigenvalue weighted by Crippen LogP contribution is 2.20.